The zero-order valence-electron chi connectivity index (χ0n) is 12.3. The van der Waals surface area contributed by atoms with E-state index in [-0.39, 0.29) is 17.5 Å². The van der Waals surface area contributed by atoms with Gasteiger partial charge in [0.15, 0.2) is 0 Å². The van der Waals surface area contributed by atoms with Gasteiger partial charge in [0.25, 0.3) is 5.56 Å². The molecule has 21 heavy (non-hydrogen) atoms. The van der Waals surface area contributed by atoms with Gasteiger partial charge in [-0.2, -0.15) is 0 Å². The van der Waals surface area contributed by atoms with Gasteiger partial charge in [0.2, 0.25) is 5.91 Å². The van der Waals surface area contributed by atoms with E-state index in [2.05, 4.69) is 5.32 Å². The Morgan fingerprint density at radius 2 is 1.95 bits per heavy atom. The molecular weight excluding hydrogens is 266 g/mol. The Kier molecular flexibility index (Phi) is 3.41. The Morgan fingerprint density at radius 1 is 1.19 bits per heavy atom. The second-order valence-electron chi connectivity index (χ2n) is 5.63. The van der Waals surface area contributed by atoms with Crippen LogP contribution >= 0.6 is 0 Å². The molecule has 1 fully saturated rings. The lowest BCUT2D eigenvalue weighted by Gasteiger charge is -2.31. The molecular formula is C16H19N3O2. The Labute approximate surface area is 123 Å². The highest BCUT2D eigenvalue weighted by Crippen LogP contribution is 2.23. The summed E-state index contributed by atoms with van der Waals surface area (Å²) in [4.78, 5) is 25.4. The summed E-state index contributed by atoms with van der Waals surface area (Å²) in [7, 11) is 3.60. The van der Waals surface area contributed by atoms with E-state index < -0.39 is 0 Å². The van der Waals surface area contributed by atoms with Crippen LogP contribution in [0.25, 0.3) is 10.9 Å². The molecule has 1 unspecified atom stereocenters. The molecule has 3 rings (SSSR count). The lowest BCUT2D eigenvalue weighted by molar-refractivity contribution is -0.132. The minimum absolute atomic E-state index is 0.0311. The van der Waals surface area contributed by atoms with Gasteiger partial charge in [0, 0.05) is 50.2 Å². The lowest BCUT2D eigenvalue weighted by atomic mass is 10.0. The second kappa shape index (κ2) is 5.24. The maximum Gasteiger partial charge on any atom is 0.252 e. The fraction of sp³-hybridized carbons (Fsp3) is 0.375. The highest BCUT2D eigenvalue weighted by molar-refractivity contribution is 5.91. The molecule has 0 spiro atoms. The maximum atomic E-state index is 12.1. The number of nitrogens with zero attached hydrogens (tertiary/aromatic N) is 2. The predicted octanol–water partition coefficient (Wildman–Crippen LogP) is 1.57. The molecule has 1 amide bonds. The molecule has 1 aliphatic heterocycles. The second-order valence-corrected chi connectivity index (χ2v) is 5.63. The summed E-state index contributed by atoms with van der Waals surface area (Å²) in [5.41, 5.74) is 1.73. The largest absolute Gasteiger partial charge is 0.380 e. The van der Waals surface area contributed by atoms with E-state index in [4.69, 9.17) is 0 Å². The van der Waals surface area contributed by atoms with E-state index in [1.54, 1.807) is 22.6 Å². The van der Waals surface area contributed by atoms with Crippen LogP contribution in [0.3, 0.4) is 0 Å². The molecule has 0 aliphatic carbocycles. The van der Waals surface area contributed by atoms with Crippen molar-refractivity contribution in [3.05, 3.63) is 40.7 Å². The molecule has 1 aliphatic rings. The molecule has 2 heterocycles. The number of pyridine rings is 1. The first kappa shape index (κ1) is 13.7. The third-order valence-corrected chi connectivity index (χ3v) is 4.14. The van der Waals surface area contributed by atoms with Crippen LogP contribution < -0.4 is 10.9 Å². The van der Waals surface area contributed by atoms with Crippen molar-refractivity contribution in [2.45, 2.75) is 18.9 Å². The van der Waals surface area contributed by atoms with Crippen molar-refractivity contribution in [2.24, 2.45) is 7.05 Å². The molecule has 0 saturated carbocycles. The van der Waals surface area contributed by atoms with E-state index in [1.165, 1.54) is 0 Å². The number of carbonyl (C=O) groups excluding carboxylic acids is 1. The van der Waals surface area contributed by atoms with Gasteiger partial charge >= 0.3 is 0 Å². The number of aromatic nitrogens is 1. The zero-order valence-corrected chi connectivity index (χ0v) is 12.3. The van der Waals surface area contributed by atoms with Crippen molar-refractivity contribution in [2.75, 3.05) is 18.9 Å². The average Bonchev–Trinajstić information content (AvgIpc) is 2.48. The van der Waals surface area contributed by atoms with Crippen LogP contribution in [0.4, 0.5) is 5.69 Å². The molecule has 110 valence electrons. The SMILES string of the molecule is CN1CC(Nc2cc(=O)n(C)c3ccccc23)CCC1=O. The van der Waals surface area contributed by atoms with Crippen LogP contribution in [0.15, 0.2) is 35.1 Å². The molecule has 0 radical (unpaired) electrons. The van der Waals surface area contributed by atoms with Crippen LogP contribution in [0.1, 0.15) is 12.8 Å². The summed E-state index contributed by atoms with van der Waals surface area (Å²) in [6.07, 6.45) is 1.35. The van der Waals surface area contributed by atoms with Crippen molar-refractivity contribution in [1.29, 1.82) is 0 Å². The van der Waals surface area contributed by atoms with Crippen LogP contribution in [0.2, 0.25) is 0 Å². The molecule has 1 aromatic carbocycles. The van der Waals surface area contributed by atoms with Crippen molar-refractivity contribution in [1.82, 2.24) is 9.47 Å². The number of piperidine rings is 1. The molecule has 1 N–H and O–H groups in total. The van der Waals surface area contributed by atoms with Gasteiger partial charge in [-0.05, 0) is 12.5 Å². The van der Waals surface area contributed by atoms with Crippen molar-refractivity contribution < 1.29 is 4.79 Å². The molecule has 0 bridgehead atoms. The quantitative estimate of drug-likeness (QED) is 0.911. The average molecular weight is 285 g/mol. The topological polar surface area (TPSA) is 54.3 Å². The van der Waals surface area contributed by atoms with Crippen LogP contribution in [0.5, 0.6) is 0 Å². The standard InChI is InChI=1S/C16H19N3O2/c1-18-10-11(7-8-15(18)20)17-13-9-16(21)19(2)14-6-4-3-5-12(13)14/h3-6,9,11,17H,7-8,10H2,1-2H3. The van der Waals surface area contributed by atoms with E-state index in [1.807, 2.05) is 31.3 Å². The fourth-order valence-corrected chi connectivity index (χ4v) is 2.88. The van der Waals surface area contributed by atoms with Crippen LogP contribution in [-0.2, 0) is 11.8 Å². The summed E-state index contributed by atoms with van der Waals surface area (Å²) in [5, 5.41) is 4.46. The van der Waals surface area contributed by atoms with E-state index in [0.717, 1.165) is 23.0 Å². The molecule has 1 saturated heterocycles. The molecule has 5 nitrogen and oxygen atoms in total. The van der Waals surface area contributed by atoms with Gasteiger partial charge in [0.1, 0.15) is 0 Å². The molecule has 1 atom stereocenters. The summed E-state index contributed by atoms with van der Waals surface area (Å²) < 4.78 is 1.65. The van der Waals surface area contributed by atoms with E-state index >= 15 is 0 Å². The minimum atomic E-state index is -0.0311. The van der Waals surface area contributed by atoms with Gasteiger partial charge < -0.3 is 14.8 Å². The number of carbonyl (C=O) groups is 1. The molecule has 1 aromatic heterocycles. The zero-order chi connectivity index (χ0) is 15.0. The first-order valence-electron chi connectivity index (χ1n) is 7.15. The fourth-order valence-electron chi connectivity index (χ4n) is 2.88. The van der Waals surface area contributed by atoms with Gasteiger partial charge in [-0.1, -0.05) is 18.2 Å². The summed E-state index contributed by atoms with van der Waals surface area (Å²) in [6, 6.07) is 9.67. The number of hydrogen-bond acceptors (Lipinski definition) is 3. The number of amides is 1. The number of aryl methyl sites for hydroxylation is 1. The Balaban J connectivity index is 1.96. The predicted molar refractivity (Wildman–Crippen MR) is 83.5 cm³/mol. The number of fused-ring (bicyclic) bond motifs is 1. The number of hydrogen-bond donors (Lipinski definition) is 1. The van der Waals surface area contributed by atoms with Crippen LogP contribution in [0, 0.1) is 0 Å². The third kappa shape index (κ3) is 2.51. The third-order valence-electron chi connectivity index (χ3n) is 4.14. The number of likely N-dealkylation sites (tertiary alicyclic amines) is 1. The Hall–Kier alpha value is -2.30. The van der Waals surface area contributed by atoms with Crippen molar-refractivity contribution in [3.63, 3.8) is 0 Å². The smallest absolute Gasteiger partial charge is 0.252 e. The van der Waals surface area contributed by atoms with Gasteiger partial charge in [0.05, 0.1) is 5.52 Å². The van der Waals surface area contributed by atoms with E-state index in [9.17, 15) is 9.59 Å². The number of benzene rings is 1. The molecule has 2 aromatic rings. The monoisotopic (exact) mass is 285 g/mol. The number of nitrogens with one attached hydrogen (secondary N) is 1. The normalized spacial score (nSPS) is 19.0. The maximum absolute atomic E-state index is 12.1. The van der Waals surface area contributed by atoms with Gasteiger partial charge in [-0.25, -0.2) is 0 Å². The van der Waals surface area contributed by atoms with Crippen molar-refractivity contribution in [3.8, 4) is 0 Å². The summed E-state index contributed by atoms with van der Waals surface area (Å²) in [5.74, 6) is 0.182. The summed E-state index contributed by atoms with van der Waals surface area (Å²) >= 11 is 0. The Morgan fingerprint density at radius 3 is 2.71 bits per heavy atom. The van der Waals surface area contributed by atoms with Gasteiger partial charge in [-0.15, -0.1) is 0 Å². The highest BCUT2D eigenvalue weighted by Gasteiger charge is 2.23. The van der Waals surface area contributed by atoms with Gasteiger partial charge in [-0.3, -0.25) is 9.59 Å². The first-order valence-corrected chi connectivity index (χ1v) is 7.15. The minimum Gasteiger partial charge on any atom is -0.380 e. The number of likely N-dealkylation sites (N-methyl/N-ethyl adjacent to an activating group) is 1. The van der Waals surface area contributed by atoms with E-state index in [0.29, 0.717) is 13.0 Å². The number of para-hydroxylation sites is 1. The lowest BCUT2D eigenvalue weighted by Crippen LogP contribution is -2.43. The molecule has 5 heteroatoms. The number of rotatable bonds is 2. The number of anilines is 1. The summed E-state index contributed by atoms with van der Waals surface area (Å²) in [6.45, 7) is 0.669. The van der Waals surface area contributed by atoms with Crippen molar-refractivity contribution >= 4 is 22.5 Å². The highest BCUT2D eigenvalue weighted by atomic mass is 16.2. The van der Waals surface area contributed by atoms with Crippen LogP contribution in [-0.4, -0.2) is 35.0 Å². The first-order chi connectivity index (χ1) is 10.1. The Bertz CT molecular complexity index is 751.